The first kappa shape index (κ1) is 21.4. The minimum absolute atomic E-state index is 0.195. The molecule has 1 nitrogen and oxygen atoms in total. The first-order valence-corrected chi connectivity index (χ1v) is 10.3. The molecule has 0 aliphatic carbocycles. The fourth-order valence-corrected chi connectivity index (χ4v) is 4.24. The van der Waals surface area contributed by atoms with Crippen LogP contribution in [0.2, 0.25) is 0 Å². The Morgan fingerprint density at radius 1 is 1.03 bits per heavy atom. The molecule has 0 atom stereocenters. The standard InChI is InChI=1S/C24H25F3OS/c1-6-15(2)22-13-19-17(8-7-9-21(19)29-22)18-11-10-16(23(3,4)5)12-20(18)28-14-24(25,26)27/h6-13H,14H2,1-5H3/b15-6+. The normalized spacial score (nSPS) is 13.2. The Kier molecular flexibility index (Phi) is 5.81. The molecule has 154 valence electrons. The van der Waals surface area contributed by atoms with E-state index in [0.717, 1.165) is 26.1 Å². The van der Waals surface area contributed by atoms with Gasteiger partial charge in [0.15, 0.2) is 6.61 Å². The van der Waals surface area contributed by atoms with E-state index in [1.165, 1.54) is 5.57 Å². The number of ether oxygens (including phenoxy) is 1. The molecular weight excluding hydrogens is 393 g/mol. The number of halogens is 3. The van der Waals surface area contributed by atoms with Gasteiger partial charge in [0.2, 0.25) is 0 Å². The summed E-state index contributed by atoms with van der Waals surface area (Å²) in [5.41, 5.74) is 3.47. The molecule has 0 amide bonds. The van der Waals surface area contributed by atoms with Crippen LogP contribution in [0.4, 0.5) is 13.2 Å². The first-order valence-electron chi connectivity index (χ1n) is 9.50. The fourth-order valence-electron chi connectivity index (χ4n) is 3.12. The Morgan fingerprint density at radius 3 is 2.38 bits per heavy atom. The second-order valence-electron chi connectivity index (χ2n) is 8.16. The summed E-state index contributed by atoms with van der Waals surface area (Å²) in [6.07, 6.45) is -2.33. The topological polar surface area (TPSA) is 9.23 Å². The minimum atomic E-state index is -4.39. The Balaban J connectivity index is 2.17. The second-order valence-corrected chi connectivity index (χ2v) is 9.25. The summed E-state index contributed by atoms with van der Waals surface area (Å²) in [7, 11) is 0. The molecule has 1 aromatic heterocycles. The van der Waals surface area contributed by atoms with Crippen LogP contribution < -0.4 is 4.74 Å². The molecule has 0 unspecified atom stereocenters. The summed E-state index contributed by atoms with van der Waals surface area (Å²) in [5, 5.41) is 1.02. The molecule has 0 aliphatic heterocycles. The van der Waals surface area contributed by atoms with Gasteiger partial charge in [0, 0.05) is 20.5 Å². The highest BCUT2D eigenvalue weighted by atomic mass is 32.1. The van der Waals surface area contributed by atoms with Crippen LogP contribution in [-0.4, -0.2) is 12.8 Å². The van der Waals surface area contributed by atoms with Crippen molar-refractivity contribution >= 4 is 27.0 Å². The lowest BCUT2D eigenvalue weighted by molar-refractivity contribution is -0.153. The van der Waals surface area contributed by atoms with Crippen molar-refractivity contribution in [2.45, 2.75) is 46.2 Å². The smallest absolute Gasteiger partial charge is 0.422 e. The molecule has 0 radical (unpaired) electrons. The molecule has 0 fully saturated rings. The van der Waals surface area contributed by atoms with Crippen LogP contribution in [-0.2, 0) is 5.41 Å². The van der Waals surface area contributed by atoms with Gasteiger partial charge in [-0.1, -0.05) is 51.1 Å². The van der Waals surface area contributed by atoms with E-state index in [2.05, 4.69) is 19.1 Å². The van der Waals surface area contributed by atoms with Gasteiger partial charge in [0.25, 0.3) is 0 Å². The van der Waals surface area contributed by atoms with Crippen LogP contribution in [0.1, 0.15) is 45.1 Å². The van der Waals surface area contributed by atoms with E-state index >= 15 is 0 Å². The molecule has 2 aromatic carbocycles. The summed E-state index contributed by atoms with van der Waals surface area (Å²) in [6.45, 7) is 8.83. The number of hydrogen-bond acceptors (Lipinski definition) is 2. The van der Waals surface area contributed by atoms with Crippen molar-refractivity contribution in [3.63, 3.8) is 0 Å². The lowest BCUT2D eigenvalue weighted by atomic mass is 9.85. The van der Waals surface area contributed by atoms with E-state index in [4.69, 9.17) is 4.74 Å². The van der Waals surface area contributed by atoms with Gasteiger partial charge < -0.3 is 4.74 Å². The number of rotatable bonds is 4. The Bertz CT molecular complexity index is 1050. The van der Waals surface area contributed by atoms with E-state index in [0.29, 0.717) is 5.56 Å². The maximum Gasteiger partial charge on any atom is 0.422 e. The number of fused-ring (bicyclic) bond motifs is 1. The molecule has 29 heavy (non-hydrogen) atoms. The van der Waals surface area contributed by atoms with Gasteiger partial charge in [0.05, 0.1) is 0 Å². The predicted molar refractivity (Wildman–Crippen MR) is 117 cm³/mol. The molecular formula is C24H25F3OS. The van der Waals surface area contributed by atoms with Gasteiger partial charge in [-0.3, -0.25) is 0 Å². The van der Waals surface area contributed by atoms with Crippen molar-refractivity contribution in [1.82, 2.24) is 0 Å². The third kappa shape index (κ3) is 4.84. The molecule has 0 bridgehead atoms. The van der Waals surface area contributed by atoms with Gasteiger partial charge in [-0.15, -0.1) is 11.3 Å². The number of hydrogen-bond donors (Lipinski definition) is 0. The summed E-state index contributed by atoms with van der Waals surface area (Å²) in [4.78, 5) is 1.15. The number of alkyl halides is 3. The highest BCUT2D eigenvalue weighted by molar-refractivity contribution is 7.20. The highest BCUT2D eigenvalue weighted by Crippen LogP contribution is 2.41. The Hall–Kier alpha value is -2.27. The summed E-state index contributed by atoms with van der Waals surface area (Å²) in [6, 6.07) is 13.6. The number of allylic oxidation sites excluding steroid dienone is 2. The van der Waals surface area contributed by atoms with E-state index in [9.17, 15) is 13.2 Å². The molecule has 0 saturated carbocycles. The zero-order valence-corrected chi connectivity index (χ0v) is 18.1. The lowest BCUT2D eigenvalue weighted by Crippen LogP contribution is -2.20. The number of benzene rings is 2. The third-order valence-electron chi connectivity index (χ3n) is 4.91. The second kappa shape index (κ2) is 7.86. The summed E-state index contributed by atoms with van der Waals surface area (Å²) in [5.74, 6) is 0.262. The van der Waals surface area contributed by atoms with Gasteiger partial charge in [0.1, 0.15) is 5.75 Å². The molecule has 1 heterocycles. The van der Waals surface area contributed by atoms with Crippen molar-refractivity contribution < 1.29 is 17.9 Å². The fraction of sp³-hybridized carbons (Fsp3) is 0.333. The Morgan fingerprint density at radius 2 is 1.76 bits per heavy atom. The third-order valence-corrected chi connectivity index (χ3v) is 6.15. The minimum Gasteiger partial charge on any atom is -0.483 e. The van der Waals surface area contributed by atoms with Gasteiger partial charge >= 0.3 is 6.18 Å². The molecule has 3 rings (SSSR count). The van der Waals surface area contributed by atoms with E-state index in [1.54, 1.807) is 17.4 Å². The monoisotopic (exact) mass is 418 g/mol. The van der Waals surface area contributed by atoms with Gasteiger partial charge in [-0.05, 0) is 54.2 Å². The molecule has 0 saturated heterocycles. The maximum absolute atomic E-state index is 12.9. The maximum atomic E-state index is 12.9. The molecule has 3 aromatic rings. The average Bonchev–Trinajstić information content (AvgIpc) is 3.08. The van der Waals surface area contributed by atoms with Crippen LogP contribution in [0.15, 0.2) is 48.5 Å². The zero-order valence-electron chi connectivity index (χ0n) is 17.3. The summed E-state index contributed by atoms with van der Waals surface area (Å²) < 4.78 is 45.0. The molecule has 0 N–H and O–H groups in total. The van der Waals surface area contributed by atoms with Crippen LogP contribution in [0, 0.1) is 0 Å². The average molecular weight is 419 g/mol. The van der Waals surface area contributed by atoms with E-state index < -0.39 is 12.8 Å². The molecule has 5 heteroatoms. The first-order chi connectivity index (χ1) is 13.5. The van der Waals surface area contributed by atoms with Crippen molar-refractivity contribution in [3.8, 4) is 16.9 Å². The van der Waals surface area contributed by atoms with Crippen molar-refractivity contribution in [2.75, 3.05) is 6.61 Å². The van der Waals surface area contributed by atoms with Crippen LogP contribution in [0.3, 0.4) is 0 Å². The largest absolute Gasteiger partial charge is 0.483 e. The Labute approximate surface area is 173 Å². The SMILES string of the molecule is C/C=C(\C)c1cc2c(-c3ccc(C(C)(C)C)cc3OCC(F)(F)F)cccc2s1. The number of thiophene rings is 1. The van der Waals surface area contributed by atoms with Gasteiger partial charge in [-0.2, -0.15) is 13.2 Å². The van der Waals surface area contributed by atoms with E-state index in [-0.39, 0.29) is 11.2 Å². The summed E-state index contributed by atoms with van der Waals surface area (Å²) >= 11 is 1.68. The van der Waals surface area contributed by atoms with Crippen molar-refractivity contribution in [2.24, 2.45) is 0 Å². The highest BCUT2D eigenvalue weighted by Gasteiger charge is 2.29. The molecule has 0 spiro atoms. The molecule has 0 aliphatic rings. The van der Waals surface area contributed by atoms with Crippen LogP contribution in [0.25, 0.3) is 26.8 Å². The van der Waals surface area contributed by atoms with Crippen molar-refractivity contribution in [1.29, 1.82) is 0 Å². The lowest BCUT2D eigenvalue weighted by Gasteiger charge is -2.22. The zero-order chi connectivity index (χ0) is 21.4. The predicted octanol–water partition coefficient (Wildman–Crippen LogP) is 8.23. The van der Waals surface area contributed by atoms with Crippen LogP contribution >= 0.6 is 11.3 Å². The van der Waals surface area contributed by atoms with Crippen LogP contribution in [0.5, 0.6) is 5.75 Å². The van der Waals surface area contributed by atoms with E-state index in [1.807, 2.05) is 58.0 Å². The van der Waals surface area contributed by atoms with Crippen molar-refractivity contribution in [3.05, 3.63) is 59.0 Å². The quantitative estimate of drug-likeness (QED) is 0.415. The van der Waals surface area contributed by atoms with Gasteiger partial charge in [-0.25, -0.2) is 0 Å².